The van der Waals surface area contributed by atoms with E-state index in [1.54, 1.807) is 11.8 Å². The average molecular weight is 272 g/mol. The van der Waals surface area contributed by atoms with Crippen molar-refractivity contribution in [1.82, 2.24) is 10.2 Å². The fourth-order valence-corrected chi connectivity index (χ4v) is 2.05. The molecular formula is C12H20N2O5. The number of carbonyl (C=O) groups excluding carboxylic acids is 2. The first kappa shape index (κ1) is 15.3. The van der Waals surface area contributed by atoms with Gasteiger partial charge in [-0.2, -0.15) is 0 Å². The lowest BCUT2D eigenvalue weighted by Crippen LogP contribution is -2.41. The molecule has 1 aliphatic heterocycles. The first-order valence-corrected chi connectivity index (χ1v) is 6.43. The number of esters is 1. The number of hydrogen-bond acceptors (Lipinski definition) is 4. The summed E-state index contributed by atoms with van der Waals surface area (Å²) in [6.45, 7) is 2.99. The van der Waals surface area contributed by atoms with E-state index in [1.807, 2.05) is 0 Å². The second-order valence-corrected chi connectivity index (χ2v) is 4.50. The van der Waals surface area contributed by atoms with Gasteiger partial charge in [0.1, 0.15) is 6.54 Å². The van der Waals surface area contributed by atoms with Gasteiger partial charge < -0.3 is 20.1 Å². The van der Waals surface area contributed by atoms with Crippen LogP contribution in [0, 0.1) is 5.92 Å². The number of nitrogens with one attached hydrogen (secondary N) is 1. The number of amides is 2. The molecule has 0 bridgehead atoms. The number of likely N-dealkylation sites (tertiary alicyclic amines) is 1. The summed E-state index contributed by atoms with van der Waals surface area (Å²) in [4.78, 5) is 34.9. The maximum atomic E-state index is 11.7. The normalized spacial score (nSPS) is 18.2. The fraction of sp³-hybridized carbons (Fsp3) is 0.750. The van der Waals surface area contributed by atoms with Crippen molar-refractivity contribution < 1.29 is 24.2 Å². The number of urea groups is 1. The van der Waals surface area contributed by atoms with Gasteiger partial charge in [-0.1, -0.05) is 0 Å². The number of aliphatic carboxylic acids is 1. The first-order valence-electron chi connectivity index (χ1n) is 6.43. The molecule has 2 amide bonds. The van der Waals surface area contributed by atoms with Crippen molar-refractivity contribution in [3.63, 3.8) is 0 Å². The molecular weight excluding hydrogens is 252 g/mol. The van der Waals surface area contributed by atoms with Crippen molar-refractivity contribution in [2.45, 2.75) is 26.2 Å². The number of nitrogens with zero attached hydrogens (tertiary/aromatic N) is 1. The van der Waals surface area contributed by atoms with Crippen molar-refractivity contribution in [2.75, 3.05) is 26.2 Å². The zero-order valence-electron chi connectivity index (χ0n) is 11.1. The number of carbonyl (C=O) groups is 3. The minimum atomic E-state index is -0.815. The van der Waals surface area contributed by atoms with Gasteiger partial charge in [-0.3, -0.25) is 9.59 Å². The lowest BCUT2D eigenvalue weighted by atomic mass is 10.0. The summed E-state index contributed by atoms with van der Waals surface area (Å²) in [7, 11) is 0. The summed E-state index contributed by atoms with van der Waals surface area (Å²) in [6, 6.07) is -0.300. The highest BCUT2D eigenvalue weighted by molar-refractivity contribution is 5.81. The van der Waals surface area contributed by atoms with Crippen LogP contribution in [0.2, 0.25) is 0 Å². The van der Waals surface area contributed by atoms with Gasteiger partial charge in [-0.25, -0.2) is 4.79 Å². The van der Waals surface area contributed by atoms with Gasteiger partial charge in [-0.15, -0.1) is 0 Å². The Kier molecular flexibility index (Phi) is 6.11. The number of carboxylic acids is 1. The molecule has 1 saturated heterocycles. The van der Waals surface area contributed by atoms with Crippen molar-refractivity contribution in [2.24, 2.45) is 5.92 Å². The Balaban J connectivity index is 2.24. The maximum absolute atomic E-state index is 11.7. The minimum absolute atomic E-state index is 0.128. The largest absolute Gasteiger partial charge is 0.481 e. The summed E-state index contributed by atoms with van der Waals surface area (Å²) in [6.07, 6.45) is 1.51. The lowest BCUT2D eigenvalue weighted by molar-refractivity contribution is -0.142. The topological polar surface area (TPSA) is 95.9 Å². The van der Waals surface area contributed by atoms with Crippen LogP contribution in [0.3, 0.4) is 0 Å². The van der Waals surface area contributed by atoms with E-state index in [-0.39, 0.29) is 31.5 Å². The Labute approximate surface area is 111 Å². The van der Waals surface area contributed by atoms with E-state index in [9.17, 15) is 14.4 Å². The molecule has 7 nitrogen and oxygen atoms in total. The molecule has 0 aliphatic carbocycles. The van der Waals surface area contributed by atoms with Crippen LogP contribution < -0.4 is 5.32 Å². The molecule has 1 rings (SSSR count). The SMILES string of the molecule is CCOC(=O)CNC(=O)N1CCC(CCC(=O)O)C1. The molecule has 7 heteroatoms. The molecule has 0 aromatic rings. The standard InChI is InChI=1S/C12H20N2O5/c1-2-19-11(17)7-13-12(18)14-6-5-9(8-14)3-4-10(15)16/h9H,2-8H2,1H3,(H,13,18)(H,15,16). The second kappa shape index (κ2) is 7.60. The van der Waals surface area contributed by atoms with E-state index in [4.69, 9.17) is 9.84 Å². The molecule has 2 N–H and O–H groups in total. The first-order chi connectivity index (χ1) is 9.02. The van der Waals surface area contributed by atoms with Crippen LogP contribution in [-0.4, -0.2) is 54.2 Å². The van der Waals surface area contributed by atoms with Crippen molar-refractivity contribution >= 4 is 18.0 Å². The molecule has 108 valence electrons. The molecule has 1 unspecified atom stereocenters. The van der Waals surface area contributed by atoms with Gasteiger partial charge in [0.25, 0.3) is 0 Å². The predicted octanol–water partition coefficient (Wildman–Crippen LogP) is 0.446. The summed E-state index contributed by atoms with van der Waals surface area (Å²) in [5, 5.41) is 11.1. The summed E-state index contributed by atoms with van der Waals surface area (Å²) in [5.41, 5.74) is 0. The van der Waals surface area contributed by atoms with Crippen LogP contribution in [0.5, 0.6) is 0 Å². The molecule has 1 aliphatic rings. The molecule has 0 saturated carbocycles. The van der Waals surface area contributed by atoms with Crippen LogP contribution in [0.25, 0.3) is 0 Å². The van der Waals surface area contributed by atoms with Gasteiger partial charge in [0, 0.05) is 19.5 Å². The number of rotatable bonds is 6. The van der Waals surface area contributed by atoms with Crippen LogP contribution in [0.15, 0.2) is 0 Å². The van der Waals surface area contributed by atoms with Gasteiger partial charge in [0.2, 0.25) is 0 Å². The van der Waals surface area contributed by atoms with E-state index in [1.165, 1.54) is 0 Å². The van der Waals surface area contributed by atoms with Gasteiger partial charge >= 0.3 is 18.0 Å². The quantitative estimate of drug-likeness (QED) is 0.684. The maximum Gasteiger partial charge on any atom is 0.325 e. The van der Waals surface area contributed by atoms with Gasteiger partial charge in [0.05, 0.1) is 6.61 Å². The van der Waals surface area contributed by atoms with E-state index >= 15 is 0 Å². The van der Waals surface area contributed by atoms with Gasteiger partial charge in [0.15, 0.2) is 0 Å². The Morgan fingerprint density at radius 2 is 2.16 bits per heavy atom. The third-order valence-electron chi connectivity index (χ3n) is 3.03. The highest BCUT2D eigenvalue weighted by Gasteiger charge is 2.26. The fourth-order valence-electron chi connectivity index (χ4n) is 2.05. The van der Waals surface area contributed by atoms with E-state index in [0.717, 1.165) is 6.42 Å². The third-order valence-corrected chi connectivity index (χ3v) is 3.03. The molecule has 1 fully saturated rings. The monoisotopic (exact) mass is 272 g/mol. The summed E-state index contributed by atoms with van der Waals surface area (Å²) < 4.78 is 4.70. The molecule has 1 heterocycles. The smallest absolute Gasteiger partial charge is 0.325 e. The molecule has 1 atom stereocenters. The molecule has 0 aromatic carbocycles. The second-order valence-electron chi connectivity index (χ2n) is 4.50. The molecule has 19 heavy (non-hydrogen) atoms. The Morgan fingerprint density at radius 3 is 2.79 bits per heavy atom. The van der Waals surface area contributed by atoms with Crippen LogP contribution >= 0.6 is 0 Å². The van der Waals surface area contributed by atoms with E-state index < -0.39 is 11.9 Å². The van der Waals surface area contributed by atoms with E-state index in [2.05, 4.69) is 5.32 Å². The molecule has 0 aromatic heterocycles. The molecule has 0 spiro atoms. The van der Waals surface area contributed by atoms with Crippen molar-refractivity contribution in [1.29, 1.82) is 0 Å². The zero-order valence-corrected chi connectivity index (χ0v) is 11.1. The number of ether oxygens (including phenoxy) is 1. The lowest BCUT2D eigenvalue weighted by Gasteiger charge is -2.16. The Hall–Kier alpha value is -1.79. The molecule has 0 radical (unpaired) electrons. The van der Waals surface area contributed by atoms with Crippen LogP contribution in [0.1, 0.15) is 26.2 Å². The Bertz CT molecular complexity index is 345. The zero-order chi connectivity index (χ0) is 14.3. The van der Waals surface area contributed by atoms with Crippen molar-refractivity contribution in [3.8, 4) is 0 Å². The number of carboxylic acid groups (broad SMARTS) is 1. The predicted molar refractivity (Wildman–Crippen MR) is 66.6 cm³/mol. The average Bonchev–Trinajstić information content (AvgIpc) is 2.82. The summed E-state index contributed by atoms with van der Waals surface area (Å²) >= 11 is 0. The highest BCUT2D eigenvalue weighted by atomic mass is 16.5. The summed E-state index contributed by atoms with van der Waals surface area (Å²) in [5.74, 6) is -1.05. The van der Waals surface area contributed by atoms with Crippen molar-refractivity contribution in [3.05, 3.63) is 0 Å². The number of hydrogen-bond donors (Lipinski definition) is 2. The van der Waals surface area contributed by atoms with Crippen LogP contribution in [0.4, 0.5) is 4.79 Å². The van der Waals surface area contributed by atoms with Gasteiger partial charge in [-0.05, 0) is 25.7 Å². The minimum Gasteiger partial charge on any atom is -0.481 e. The van der Waals surface area contributed by atoms with E-state index in [0.29, 0.717) is 19.5 Å². The van der Waals surface area contributed by atoms with Crippen LogP contribution in [-0.2, 0) is 14.3 Å². The highest BCUT2D eigenvalue weighted by Crippen LogP contribution is 2.20. The Morgan fingerprint density at radius 1 is 1.42 bits per heavy atom. The third kappa shape index (κ3) is 5.58.